The van der Waals surface area contributed by atoms with E-state index < -0.39 is 10.0 Å². The molecule has 4 aromatic rings. The van der Waals surface area contributed by atoms with Gasteiger partial charge in [0.1, 0.15) is 10.4 Å². The number of nitriles is 1. The highest BCUT2D eigenvalue weighted by atomic mass is 32.2. The quantitative estimate of drug-likeness (QED) is 0.297. The first-order chi connectivity index (χ1) is 18.7. The minimum absolute atomic E-state index is 0.425. The summed E-state index contributed by atoms with van der Waals surface area (Å²) < 4.78 is 32.3. The Balaban J connectivity index is 1.34. The van der Waals surface area contributed by atoms with Crippen molar-refractivity contribution in [2.45, 2.75) is 13.8 Å². The van der Waals surface area contributed by atoms with Gasteiger partial charge in [-0.3, -0.25) is 0 Å². The first-order valence-electron chi connectivity index (χ1n) is 12.4. The van der Waals surface area contributed by atoms with Crippen LogP contribution in [0.15, 0.2) is 53.9 Å². The van der Waals surface area contributed by atoms with Crippen molar-refractivity contribution in [3.05, 3.63) is 70.6 Å². The maximum Gasteiger partial charge on any atom is 0.242 e. The summed E-state index contributed by atoms with van der Waals surface area (Å²) in [5, 5.41) is 14.1. The molecule has 0 spiro atoms. The number of ether oxygens (including phenoxy) is 1. The number of fused-ring (bicyclic) bond motifs is 1. The Bertz CT molecular complexity index is 1660. The molecule has 0 bridgehead atoms. The number of aryl methyl sites for hydroxylation is 2. The molecule has 0 amide bonds. The molecule has 1 N–H and O–H groups in total. The molecule has 5 rings (SSSR count). The summed E-state index contributed by atoms with van der Waals surface area (Å²) in [7, 11) is -3.16. The summed E-state index contributed by atoms with van der Waals surface area (Å²) >= 11 is 1.52. The number of piperazine rings is 1. The van der Waals surface area contributed by atoms with E-state index in [1.807, 2.05) is 67.8 Å². The molecule has 2 aromatic carbocycles. The third-order valence-electron chi connectivity index (χ3n) is 6.50. The van der Waals surface area contributed by atoms with Gasteiger partial charge in [0.25, 0.3) is 0 Å². The van der Waals surface area contributed by atoms with Gasteiger partial charge in [0.2, 0.25) is 21.9 Å². The molecule has 0 aliphatic carbocycles. The minimum Gasteiger partial charge on any atom is -0.437 e. The van der Waals surface area contributed by atoms with Crippen LogP contribution in [0.2, 0.25) is 0 Å². The molecule has 0 radical (unpaired) electrons. The Kier molecular flexibility index (Phi) is 7.52. The zero-order chi connectivity index (χ0) is 27.6. The molecule has 9 nitrogen and oxygen atoms in total. The van der Waals surface area contributed by atoms with Crippen molar-refractivity contribution in [2.75, 3.05) is 42.7 Å². The number of hydrogen-bond acceptors (Lipinski definition) is 9. The zero-order valence-corrected chi connectivity index (χ0v) is 23.5. The average Bonchev–Trinajstić information content (AvgIpc) is 3.38. The van der Waals surface area contributed by atoms with Gasteiger partial charge in [0.05, 0.1) is 17.8 Å². The van der Waals surface area contributed by atoms with Crippen LogP contribution < -0.4 is 15.0 Å². The van der Waals surface area contributed by atoms with Gasteiger partial charge in [-0.1, -0.05) is 0 Å². The predicted molar refractivity (Wildman–Crippen MR) is 156 cm³/mol. The summed E-state index contributed by atoms with van der Waals surface area (Å²) in [4.78, 5) is 11.5. The van der Waals surface area contributed by atoms with Crippen LogP contribution in [-0.2, 0) is 10.0 Å². The summed E-state index contributed by atoms with van der Waals surface area (Å²) in [6.45, 7) is 6.20. The maximum absolute atomic E-state index is 11.8. The van der Waals surface area contributed by atoms with E-state index in [0.29, 0.717) is 38.0 Å². The topological polar surface area (TPSA) is 111 Å². The fourth-order valence-corrected chi connectivity index (χ4v) is 6.18. The van der Waals surface area contributed by atoms with Gasteiger partial charge in [-0.25, -0.2) is 13.4 Å². The smallest absolute Gasteiger partial charge is 0.242 e. The molecular weight excluding hydrogens is 532 g/mol. The number of nitrogens with one attached hydrogen (secondary N) is 1. The van der Waals surface area contributed by atoms with Gasteiger partial charge in [-0.05, 0) is 84.5 Å². The van der Waals surface area contributed by atoms with Crippen LogP contribution in [0.1, 0.15) is 16.7 Å². The van der Waals surface area contributed by atoms with E-state index in [2.05, 4.69) is 15.2 Å². The lowest BCUT2D eigenvalue weighted by Gasteiger charge is -2.34. The number of aromatic nitrogens is 2. The van der Waals surface area contributed by atoms with Crippen molar-refractivity contribution in [2.24, 2.45) is 0 Å². The number of nitrogens with zero attached hydrogens (tertiary/aromatic N) is 5. The van der Waals surface area contributed by atoms with E-state index in [0.717, 1.165) is 44.0 Å². The van der Waals surface area contributed by atoms with E-state index in [-0.39, 0.29) is 0 Å². The first kappa shape index (κ1) is 26.6. The molecule has 1 aliphatic rings. The normalized spacial score (nSPS) is 14.6. The highest BCUT2D eigenvalue weighted by Gasteiger charge is 2.23. The number of hydrogen-bond donors (Lipinski definition) is 1. The van der Waals surface area contributed by atoms with Gasteiger partial charge in [-0.2, -0.15) is 14.6 Å². The van der Waals surface area contributed by atoms with Gasteiger partial charge in [0, 0.05) is 43.6 Å². The van der Waals surface area contributed by atoms with Crippen LogP contribution in [0.5, 0.6) is 11.6 Å². The lowest BCUT2D eigenvalue weighted by Crippen LogP contribution is -2.48. The zero-order valence-electron chi connectivity index (χ0n) is 21.9. The Morgan fingerprint density at radius 3 is 2.38 bits per heavy atom. The lowest BCUT2D eigenvalue weighted by molar-refractivity contribution is 0.388. The van der Waals surface area contributed by atoms with E-state index in [9.17, 15) is 8.42 Å². The monoisotopic (exact) mass is 560 g/mol. The highest BCUT2D eigenvalue weighted by molar-refractivity contribution is 7.88. The molecule has 200 valence electrons. The Hall–Kier alpha value is -3.98. The predicted octanol–water partition coefficient (Wildman–Crippen LogP) is 5.46. The van der Waals surface area contributed by atoms with Gasteiger partial charge >= 0.3 is 0 Å². The number of allylic oxidation sites excluding steroid dienone is 1. The van der Waals surface area contributed by atoms with Crippen LogP contribution in [0.25, 0.3) is 16.3 Å². The molecule has 3 heterocycles. The molecular formula is C28H28N6O3S2. The summed E-state index contributed by atoms with van der Waals surface area (Å²) in [5.74, 6) is 1.63. The van der Waals surface area contributed by atoms with Gasteiger partial charge < -0.3 is 15.0 Å². The fraction of sp³-hybridized carbons (Fsp3) is 0.250. The van der Waals surface area contributed by atoms with Crippen molar-refractivity contribution < 1.29 is 13.2 Å². The second-order valence-electron chi connectivity index (χ2n) is 9.36. The van der Waals surface area contributed by atoms with E-state index in [1.54, 1.807) is 6.08 Å². The number of sulfonamides is 1. The van der Waals surface area contributed by atoms with Crippen LogP contribution in [0.4, 0.5) is 17.3 Å². The fourth-order valence-electron chi connectivity index (χ4n) is 4.60. The van der Waals surface area contributed by atoms with E-state index in [1.165, 1.54) is 28.0 Å². The van der Waals surface area contributed by atoms with Crippen LogP contribution in [0, 0.1) is 25.2 Å². The Labute approximate surface area is 232 Å². The molecule has 0 unspecified atom stereocenters. The second kappa shape index (κ2) is 11.0. The molecule has 1 fully saturated rings. The van der Waals surface area contributed by atoms with Crippen molar-refractivity contribution in [3.8, 4) is 17.7 Å². The van der Waals surface area contributed by atoms with E-state index >= 15 is 0 Å². The molecule has 0 saturated carbocycles. The Morgan fingerprint density at radius 2 is 1.74 bits per heavy atom. The molecule has 39 heavy (non-hydrogen) atoms. The lowest BCUT2D eigenvalue weighted by atomic mass is 10.1. The van der Waals surface area contributed by atoms with Crippen LogP contribution >= 0.6 is 11.3 Å². The first-order valence-corrected chi connectivity index (χ1v) is 15.1. The van der Waals surface area contributed by atoms with Crippen molar-refractivity contribution in [1.82, 2.24) is 14.3 Å². The third-order valence-corrected chi connectivity index (χ3v) is 8.70. The van der Waals surface area contributed by atoms with Crippen LogP contribution in [0.3, 0.4) is 0 Å². The number of thiophene rings is 1. The molecule has 2 aromatic heterocycles. The van der Waals surface area contributed by atoms with Crippen molar-refractivity contribution >= 4 is 55.0 Å². The number of anilines is 3. The van der Waals surface area contributed by atoms with Gasteiger partial charge in [-0.15, -0.1) is 11.3 Å². The van der Waals surface area contributed by atoms with Crippen molar-refractivity contribution in [3.63, 3.8) is 0 Å². The largest absolute Gasteiger partial charge is 0.437 e. The van der Waals surface area contributed by atoms with Gasteiger partial charge in [0.15, 0.2) is 0 Å². The SMILES string of the molecule is Cc1cc(/C=C/C#N)cc(C)c1Oc1nc(Nc2ccc(N3CCN(S(C)(=O)=O)CC3)cc2)nc2ccsc12. The highest BCUT2D eigenvalue weighted by Crippen LogP contribution is 2.36. The summed E-state index contributed by atoms with van der Waals surface area (Å²) in [6.07, 6.45) is 4.48. The summed E-state index contributed by atoms with van der Waals surface area (Å²) in [6, 6.07) is 15.8. The standard InChI is InChI=1S/C28H28N6O3S2/c1-19-17-21(5-4-11-29)18-20(2)25(19)37-27-26-24(10-16-38-26)31-28(32-27)30-22-6-8-23(9-7-22)33-12-14-34(15-13-33)39(3,35)36/h4-10,16-18H,12-15H2,1-3H3,(H,30,31,32)/b5-4+. The molecule has 1 aliphatic heterocycles. The minimum atomic E-state index is -3.16. The molecule has 11 heteroatoms. The third kappa shape index (κ3) is 6.04. The summed E-state index contributed by atoms with van der Waals surface area (Å²) in [5.41, 5.74) is 5.47. The molecule has 1 saturated heterocycles. The van der Waals surface area contributed by atoms with E-state index in [4.69, 9.17) is 15.0 Å². The van der Waals surface area contributed by atoms with Crippen LogP contribution in [-0.4, -0.2) is 55.1 Å². The number of benzene rings is 2. The average molecular weight is 561 g/mol. The molecule has 0 atom stereocenters. The number of rotatable bonds is 7. The second-order valence-corrected chi connectivity index (χ2v) is 12.3. The Morgan fingerprint density at radius 1 is 1.05 bits per heavy atom. The van der Waals surface area contributed by atoms with Crippen molar-refractivity contribution in [1.29, 1.82) is 5.26 Å². The maximum atomic E-state index is 11.8.